The molecule has 1 amide bonds. The molecule has 0 bridgehead atoms. The van der Waals surface area contributed by atoms with Crippen LogP contribution in [0.2, 0.25) is 5.02 Å². The van der Waals surface area contributed by atoms with Gasteiger partial charge in [-0.15, -0.1) is 0 Å². The second kappa shape index (κ2) is 9.11. The normalized spacial score (nSPS) is 11.4. The number of aryl methyl sites for hydroxylation is 2. The molecule has 0 N–H and O–H groups in total. The number of benzene rings is 1. The second-order valence-electron chi connectivity index (χ2n) is 6.71. The predicted octanol–water partition coefficient (Wildman–Crippen LogP) is 3.99. The highest BCUT2D eigenvalue weighted by molar-refractivity contribution is 7.23. The van der Waals surface area contributed by atoms with Crippen LogP contribution in [0, 0.1) is 6.92 Å². The number of nitrogens with zero attached hydrogens (tertiary/aromatic N) is 5. The Balaban J connectivity index is 2.06. The number of fused-ring (bicyclic) bond motifs is 1. The van der Waals surface area contributed by atoms with Crippen molar-refractivity contribution >= 4 is 44.2 Å². The molecule has 0 saturated carbocycles. The van der Waals surface area contributed by atoms with Crippen LogP contribution >= 0.6 is 22.9 Å². The van der Waals surface area contributed by atoms with E-state index in [1.165, 1.54) is 11.3 Å². The minimum atomic E-state index is -0.121. The van der Waals surface area contributed by atoms with Crippen LogP contribution in [0.1, 0.15) is 29.9 Å². The largest absolute Gasteiger partial charge is 0.494 e. The maximum atomic E-state index is 13.5. The summed E-state index contributed by atoms with van der Waals surface area (Å²) in [4.78, 5) is 22.2. The summed E-state index contributed by atoms with van der Waals surface area (Å²) in [6.45, 7) is 9.22. The van der Waals surface area contributed by atoms with Crippen LogP contribution in [0.3, 0.4) is 0 Å². The van der Waals surface area contributed by atoms with E-state index in [1.54, 1.807) is 42.1 Å². The van der Waals surface area contributed by atoms with Crippen molar-refractivity contribution in [2.75, 3.05) is 38.2 Å². The summed E-state index contributed by atoms with van der Waals surface area (Å²) in [5.74, 6) is 0.517. The zero-order valence-electron chi connectivity index (χ0n) is 17.4. The minimum Gasteiger partial charge on any atom is -0.494 e. The molecule has 0 aliphatic heterocycles. The number of rotatable bonds is 8. The number of anilines is 1. The monoisotopic (exact) mass is 435 g/mol. The first-order chi connectivity index (χ1) is 13.9. The third-order valence-corrected chi connectivity index (χ3v) is 6.54. The molecule has 0 spiro atoms. The molecule has 3 rings (SSSR count). The smallest absolute Gasteiger partial charge is 0.278 e. The molecule has 9 heteroatoms. The number of carbonyl (C=O) groups is 1. The van der Waals surface area contributed by atoms with Gasteiger partial charge in [-0.1, -0.05) is 36.8 Å². The van der Waals surface area contributed by atoms with Gasteiger partial charge in [0.05, 0.1) is 23.0 Å². The molecule has 0 fully saturated rings. The molecule has 0 aliphatic carbocycles. The summed E-state index contributed by atoms with van der Waals surface area (Å²) in [6, 6.07) is 3.58. The van der Waals surface area contributed by atoms with E-state index < -0.39 is 0 Å². The Morgan fingerprint density at radius 3 is 2.59 bits per heavy atom. The fourth-order valence-electron chi connectivity index (χ4n) is 3.27. The number of methoxy groups -OCH3 is 1. The van der Waals surface area contributed by atoms with Crippen molar-refractivity contribution in [1.82, 2.24) is 19.7 Å². The quantitative estimate of drug-likeness (QED) is 0.535. The van der Waals surface area contributed by atoms with E-state index in [9.17, 15) is 4.79 Å². The molecular weight excluding hydrogens is 410 g/mol. The molecule has 156 valence electrons. The van der Waals surface area contributed by atoms with Gasteiger partial charge in [-0.2, -0.15) is 5.10 Å². The van der Waals surface area contributed by atoms with E-state index in [0.29, 0.717) is 33.7 Å². The summed E-state index contributed by atoms with van der Waals surface area (Å²) >= 11 is 7.79. The van der Waals surface area contributed by atoms with Crippen molar-refractivity contribution in [1.29, 1.82) is 0 Å². The fraction of sp³-hybridized carbons (Fsp3) is 0.450. The van der Waals surface area contributed by atoms with E-state index in [0.717, 1.165) is 29.9 Å². The van der Waals surface area contributed by atoms with Gasteiger partial charge < -0.3 is 9.64 Å². The topological polar surface area (TPSA) is 63.5 Å². The number of carbonyl (C=O) groups excluding carboxylic acids is 1. The van der Waals surface area contributed by atoms with Crippen LogP contribution in [0.4, 0.5) is 5.13 Å². The summed E-state index contributed by atoms with van der Waals surface area (Å²) in [5, 5.41) is 5.42. The Hall–Kier alpha value is -2.16. The van der Waals surface area contributed by atoms with Gasteiger partial charge in [-0.3, -0.25) is 14.4 Å². The number of thiazole rings is 1. The SMILES string of the molecule is CCN(CC)CCN(C(=O)c1c(C)cnn1C)c1nc2c(OC)ccc(Cl)c2s1. The molecule has 2 heterocycles. The van der Waals surface area contributed by atoms with Crippen molar-refractivity contribution in [3.63, 3.8) is 0 Å². The Bertz CT molecular complexity index is 992. The van der Waals surface area contributed by atoms with Crippen LogP contribution in [0.25, 0.3) is 10.2 Å². The molecule has 0 saturated heterocycles. The first-order valence-corrected chi connectivity index (χ1v) is 10.8. The highest BCUT2D eigenvalue weighted by atomic mass is 35.5. The van der Waals surface area contributed by atoms with E-state index in [1.807, 2.05) is 6.92 Å². The van der Waals surface area contributed by atoms with Crippen molar-refractivity contribution in [3.05, 3.63) is 34.6 Å². The third-order valence-electron chi connectivity index (χ3n) is 5.00. The number of ether oxygens (including phenoxy) is 1. The van der Waals surface area contributed by atoms with Crippen molar-refractivity contribution < 1.29 is 9.53 Å². The van der Waals surface area contributed by atoms with Gasteiger partial charge in [0.1, 0.15) is 17.0 Å². The highest BCUT2D eigenvalue weighted by Crippen LogP contribution is 2.39. The van der Waals surface area contributed by atoms with E-state index in [-0.39, 0.29) is 5.91 Å². The molecule has 0 aliphatic rings. The lowest BCUT2D eigenvalue weighted by Crippen LogP contribution is -2.39. The molecule has 0 radical (unpaired) electrons. The lowest BCUT2D eigenvalue weighted by Gasteiger charge is -2.25. The summed E-state index contributed by atoms with van der Waals surface area (Å²) in [5.41, 5.74) is 2.06. The number of halogens is 1. The zero-order valence-corrected chi connectivity index (χ0v) is 19.0. The zero-order chi connectivity index (χ0) is 21.1. The number of likely N-dealkylation sites (N-methyl/N-ethyl adjacent to an activating group) is 1. The molecule has 1 aromatic carbocycles. The molecule has 2 aromatic heterocycles. The average Bonchev–Trinajstić information content (AvgIpc) is 3.29. The van der Waals surface area contributed by atoms with E-state index in [2.05, 4.69) is 23.8 Å². The Morgan fingerprint density at radius 2 is 2.00 bits per heavy atom. The van der Waals surface area contributed by atoms with Gasteiger partial charge in [0, 0.05) is 20.1 Å². The first-order valence-electron chi connectivity index (χ1n) is 9.57. The number of amides is 1. The number of hydrogen-bond donors (Lipinski definition) is 0. The molecule has 7 nitrogen and oxygen atoms in total. The van der Waals surface area contributed by atoms with E-state index in [4.69, 9.17) is 21.3 Å². The van der Waals surface area contributed by atoms with Gasteiger partial charge >= 0.3 is 0 Å². The van der Waals surface area contributed by atoms with Crippen LogP contribution in [-0.4, -0.2) is 58.9 Å². The molecule has 0 atom stereocenters. The Kier molecular flexibility index (Phi) is 6.77. The second-order valence-corrected chi connectivity index (χ2v) is 8.09. The minimum absolute atomic E-state index is 0.121. The summed E-state index contributed by atoms with van der Waals surface area (Å²) in [7, 11) is 3.38. The lowest BCUT2D eigenvalue weighted by atomic mass is 10.2. The number of hydrogen-bond acceptors (Lipinski definition) is 6. The number of aromatic nitrogens is 3. The third kappa shape index (κ3) is 4.24. The Labute approximate surface area is 179 Å². The molecule has 29 heavy (non-hydrogen) atoms. The van der Waals surface area contributed by atoms with Gasteiger partial charge in [-0.25, -0.2) is 4.98 Å². The maximum Gasteiger partial charge on any atom is 0.278 e. The van der Waals surface area contributed by atoms with Gasteiger partial charge in [0.15, 0.2) is 5.13 Å². The highest BCUT2D eigenvalue weighted by Gasteiger charge is 2.26. The van der Waals surface area contributed by atoms with Gasteiger partial charge in [0.2, 0.25) is 0 Å². The van der Waals surface area contributed by atoms with E-state index >= 15 is 0 Å². The molecule has 3 aromatic rings. The van der Waals surface area contributed by atoms with Crippen LogP contribution in [0.5, 0.6) is 5.75 Å². The standard InChI is InChI=1S/C20H26ClN5O2S/c1-6-25(7-2)10-11-26(19(27)17-13(3)12-22-24(17)4)20-23-16-15(28-5)9-8-14(21)18(16)29-20/h8-9,12H,6-7,10-11H2,1-5H3. The fourth-order valence-corrected chi connectivity index (χ4v) is 4.55. The van der Waals surface area contributed by atoms with Crippen molar-refractivity contribution in [3.8, 4) is 5.75 Å². The predicted molar refractivity (Wildman–Crippen MR) is 119 cm³/mol. The molecule has 0 unspecified atom stereocenters. The molecular formula is C20H26ClN5O2S. The van der Waals surface area contributed by atoms with Crippen molar-refractivity contribution in [2.24, 2.45) is 7.05 Å². The summed E-state index contributed by atoms with van der Waals surface area (Å²) < 4.78 is 7.86. The average molecular weight is 436 g/mol. The first kappa shape index (κ1) is 21.5. The van der Waals surface area contributed by atoms with Crippen LogP contribution in [0.15, 0.2) is 18.3 Å². The van der Waals surface area contributed by atoms with Gasteiger partial charge in [-0.05, 0) is 37.7 Å². The Morgan fingerprint density at radius 1 is 1.28 bits per heavy atom. The summed E-state index contributed by atoms with van der Waals surface area (Å²) in [6.07, 6.45) is 1.70. The van der Waals surface area contributed by atoms with Crippen LogP contribution < -0.4 is 9.64 Å². The lowest BCUT2D eigenvalue weighted by molar-refractivity contribution is 0.0974. The van der Waals surface area contributed by atoms with Gasteiger partial charge in [0.25, 0.3) is 5.91 Å². The van der Waals surface area contributed by atoms with Crippen molar-refractivity contribution in [2.45, 2.75) is 20.8 Å². The van der Waals surface area contributed by atoms with Crippen LogP contribution in [-0.2, 0) is 7.05 Å². The maximum absolute atomic E-state index is 13.5.